The molecule has 1 saturated carbocycles. The molecule has 2 N–H and O–H groups in total. The molecule has 2 unspecified atom stereocenters. The molecule has 1 aromatic rings. The SMILES string of the molecule is N#CCOc1ccc(NS(=O)(=O)C2CCCCC2O)cc1. The fraction of sp³-hybridized carbons (Fsp3) is 0.500. The van der Waals surface area contributed by atoms with Crippen LogP contribution < -0.4 is 9.46 Å². The Kier molecular flexibility index (Phi) is 5.04. The summed E-state index contributed by atoms with van der Waals surface area (Å²) in [5.74, 6) is 0.497. The summed E-state index contributed by atoms with van der Waals surface area (Å²) in [5.41, 5.74) is 0.414. The van der Waals surface area contributed by atoms with E-state index in [9.17, 15) is 13.5 Å². The topological polar surface area (TPSA) is 99.4 Å². The number of nitriles is 1. The first-order valence-electron chi connectivity index (χ1n) is 6.82. The van der Waals surface area contributed by atoms with Crippen LogP contribution in [0.1, 0.15) is 25.7 Å². The molecular weight excluding hydrogens is 292 g/mol. The highest BCUT2D eigenvalue weighted by Gasteiger charge is 2.34. The van der Waals surface area contributed by atoms with Crippen LogP contribution in [0, 0.1) is 11.3 Å². The van der Waals surface area contributed by atoms with E-state index in [1.807, 2.05) is 6.07 Å². The van der Waals surface area contributed by atoms with E-state index in [-0.39, 0.29) is 6.61 Å². The van der Waals surface area contributed by atoms with Crippen LogP contribution >= 0.6 is 0 Å². The average molecular weight is 310 g/mol. The van der Waals surface area contributed by atoms with Crippen molar-refractivity contribution >= 4 is 15.7 Å². The molecule has 2 rings (SSSR count). The van der Waals surface area contributed by atoms with Crippen molar-refractivity contribution in [2.75, 3.05) is 11.3 Å². The minimum absolute atomic E-state index is 0.0562. The summed E-state index contributed by atoms with van der Waals surface area (Å²) >= 11 is 0. The van der Waals surface area contributed by atoms with Gasteiger partial charge in [0.05, 0.1) is 6.10 Å². The highest BCUT2D eigenvalue weighted by Crippen LogP contribution is 2.26. The Morgan fingerprint density at radius 2 is 1.95 bits per heavy atom. The summed E-state index contributed by atoms with van der Waals surface area (Å²) in [5, 5.41) is 17.5. The molecule has 6 nitrogen and oxygen atoms in total. The van der Waals surface area contributed by atoms with Gasteiger partial charge in [-0.05, 0) is 37.1 Å². The van der Waals surface area contributed by atoms with Gasteiger partial charge < -0.3 is 9.84 Å². The standard InChI is InChI=1S/C14H18N2O4S/c15-9-10-20-12-7-5-11(6-8-12)16-21(18,19)14-4-2-1-3-13(14)17/h5-8,13-14,16-17H,1-4,10H2. The molecule has 0 saturated heterocycles. The van der Waals surface area contributed by atoms with Crippen molar-refractivity contribution in [3.63, 3.8) is 0 Å². The predicted molar refractivity (Wildman–Crippen MR) is 78.4 cm³/mol. The summed E-state index contributed by atoms with van der Waals surface area (Å²) in [6, 6.07) is 8.17. The lowest BCUT2D eigenvalue weighted by Crippen LogP contribution is -2.40. The van der Waals surface area contributed by atoms with Crippen molar-refractivity contribution < 1.29 is 18.3 Å². The van der Waals surface area contributed by atoms with Crippen LogP contribution in [0.25, 0.3) is 0 Å². The van der Waals surface area contributed by atoms with Gasteiger partial charge in [0, 0.05) is 5.69 Å². The number of sulfonamides is 1. The zero-order valence-corrected chi connectivity index (χ0v) is 12.3. The molecule has 114 valence electrons. The number of nitrogens with zero attached hydrogens (tertiary/aromatic N) is 1. The van der Waals surface area contributed by atoms with Crippen LogP contribution in [0.2, 0.25) is 0 Å². The lowest BCUT2D eigenvalue weighted by atomic mass is 9.97. The number of aliphatic hydroxyl groups excluding tert-OH is 1. The fourth-order valence-electron chi connectivity index (χ4n) is 2.41. The van der Waals surface area contributed by atoms with E-state index in [2.05, 4.69) is 4.72 Å². The summed E-state index contributed by atoms with van der Waals surface area (Å²) < 4.78 is 32.1. The Morgan fingerprint density at radius 3 is 2.57 bits per heavy atom. The molecule has 0 spiro atoms. The Balaban J connectivity index is 2.04. The van der Waals surface area contributed by atoms with Gasteiger partial charge in [0.2, 0.25) is 10.0 Å². The van der Waals surface area contributed by atoms with E-state index in [1.54, 1.807) is 24.3 Å². The second kappa shape index (κ2) is 6.78. The number of hydrogen-bond donors (Lipinski definition) is 2. The Bertz CT molecular complexity index is 607. The van der Waals surface area contributed by atoms with Crippen molar-refractivity contribution in [1.82, 2.24) is 0 Å². The van der Waals surface area contributed by atoms with Gasteiger partial charge in [-0.25, -0.2) is 8.42 Å². The molecular formula is C14H18N2O4S. The van der Waals surface area contributed by atoms with E-state index < -0.39 is 21.4 Å². The van der Waals surface area contributed by atoms with E-state index in [1.165, 1.54) is 0 Å². The maximum atomic E-state index is 12.3. The first-order valence-corrected chi connectivity index (χ1v) is 8.37. The van der Waals surface area contributed by atoms with Gasteiger partial charge in [-0.1, -0.05) is 12.8 Å². The minimum Gasteiger partial charge on any atom is -0.479 e. The summed E-state index contributed by atoms with van der Waals surface area (Å²) in [6.45, 7) is -0.0562. The molecule has 1 aromatic carbocycles. The molecule has 2 atom stereocenters. The number of hydrogen-bond acceptors (Lipinski definition) is 5. The Hall–Kier alpha value is -1.78. The van der Waals surface area contributed by atoms with Gasteiger partial charge in [-0.3, -0.25) is 4.72 Å². The second-order valence-corrected chi connectivity index (χ2v) is 6.91. The molecule has 1 fully saturated rings. The maximum Gasteiger partial charge on any atom is 0.238 e. The molecule has 1 aliphatic carbocycles. The van der Waals surface area contributed by atoms with Crippen molar-refractivity contribution in [2.45, 2.75) is 37.0 Å². The van der Waals surface area contributed by atoms with Gasteiger partial charge in [-0.2, -0.15) is 5.26 Å². The summed E-state index contributed by atoms with van der Waals surface area (Å²) in [6.07, 6.45) is 1.85. The van der Waals surface area contributed by atoms with Crippen LogP contribution in [0.15, 0.2) is 24.3 Å². The minimum atomic E-state index is -3.61. The fourth-order valence-corrected chi connectivity index (χ4v) is 4.06. The van der Waals surface area contributed by atoms with Crippen molar-refractivity contribution in [1.29, 1.82) is 5.26 Å². The molecule has 1 aliphatic rings. The zero-order valence-electron chi connectivity index (χ0n) is 11.5. The van der Waals surface area contributed by atoms with Crippen LogP contribution in [-0.2, 0) is 10.0 Å². The third-order valence-electron chi connectivity index (χ3n) is 3.48. The molecule has 0 aliphatic heterocycles. The van der Waals surface area contributed by atoms with E-state index in [4.69, 9.17) is 10.00 Å². The van der Waals surface area contributed by atoms with Gasteiger partial charge >= 0.3 is 0 Å². The van der Waals surface area contributed by atoms with Crippen LogP contribution in [-0.4, -0.2) is 31.5 Å². The zero-order chi connectivity index (χ0) is 15.3. The highest BCUT2D eigenvalue weighted by molar-refractivity contribution is 7.93. The smallest absolute Gasteiger partial charge is 0.238 e. The van der Waals surface area contributed by atoms with Gasteiger partial charge in [0.15, 0.2) is 6.61 Å². The van der Waals surface area contributed by atoms with Crippen LogP contribution in [0.3, 0.4) is 0 Å². The first-order chi connectivity index (χ1) is 10.0. The molecule has 0 heterocycles. The highest BCUT2D eigenvalue weighted by atomic mass is 32.2. The van der Waals surface area contributed by atoms with Crippen molar-refractivity contribution in [3.8, 4) is 11.8 Å². The molecule has 21 heavy (non-hydrogen) atoms. The number of rotatable bonds is 5. The van der Waals surface area contributed by atoms with Gasteiger partial charge in [0.1, 0.15) is 17.1 Å². The van der Waals surface area contributed by atoms with E-state index in [0.29, 0.717) is 24.3 Å². The molecule has 0 aromatic heterocycles. The van der Waals surface area contributed by atoms with Crippen LogP contribution in [0.4, 0.5) is 5.69 Å². The molecule has 0 amide bonds. The number of aliphatic hydroxyl groups is 1. The lowest BCUT2D eigenvalue weighted by molar-refractivity contribution is 0.133. The van der Waals surface area contributed by atoms with E-state index >= 15 is 0 Å². The third-order valence-corrected chi connectivity index (χ3v) is 5.35. The van der Waals surface area contributed by atoms with Gasteiger partial charge in [-0.15, -0.1) is 0 Å². The largest absolute Gasteiger partial charge is 0.479 e. The normalized spacial score (nSPS) is 22.3. The monoisotopic (exact) mass is 310 g/mol. The molecule has 0 bridgehead atoms. The summed E-state index contributed by atoms with van der Waals surface area (Å²) in [4.78, 5) is 0. The summed E-state index contributed by atoms with van der Waals surface area (Å²) in [7, 11) is -3.61. The van der Waals surface area contributed by atoms with Crippen molar-refractivity contribution in [3.05, 3.63) is 24.3 Å². The van der Waals surface area contributed by atoms with Crippen LogP contribution in [0.5, 0.6) is 5.75 Å². The average Bonchev–Trinajstić information content (AvgIpc) is 2.46. The van der Waals surface area contributed by atoms with E-state index in [0.717, 1.165) is 12.8 Å². The number of benzene rings is 1. The maximum absolute atomic E-state index is 12.3. The number of ether oxygens (including phenoxy) is 1. The number of anilines is 1. The van der Waals surface area contributed by atoms with Crippen molar-refractivity contribution in [2.24, 2.45) is 0 Å². The van der Waals surface area contributed by atoms with Gasteiger partial charge in [0.25, 0.3) is 0 Å². The number of nitrogens with one attached hydrogen (secondary N) is 1. The molecule has 7 heteroatoms. The predicted octanol–water partition coefficient (Wildman–Crippen LogP) is 1.63. The lowest BCUT2D eigenvalue weighted by Gasteiger charge is -2.27. The first kappa shape index (κ1) is 15.6. The third kappa shape index (κ3) is 4.09. The second-order valence-electron chi connectivity index (χ2n) is 5.01. The molecule has 0 radical (unpaired) electrons. The quantitative estimate of drug-likeness (QED) is 0.861. The Labute approximate surface area is 124 Å². The Morgan fingerprint density at radius 1 is 1.29 bits per heavy atom.